The van der Waals surface area contributed by atoms with Crippen LogP contribution < -0.4 is 0 Å². The minimum atomic E-state index is -0.0303. The molecule has 2 aliphatic rings. The maximum Gasteiger partial charge on any atom is 0.189 e. The van der Waals surface area contributed by atoms with Gasteiger partial charge in [-0.1, -0.05) is 11.6 Å². The van der Waals surface area contributed by atoms with Crippen molar-refractivity contribution in [1.82, 2.24) is 9.80 Å². The molecule has 3 nitrogen and oxygen atoms in total. The second-order valence-electron chi connectivity index (χ2n) is 5.82. The number of hydrogen-bond acceptors (Lipinski definition) is 4. The van der Waals surface area contributed by atoms with Gasteiger partial charge in [-0.25, -0.2) is 0 Å². The topological polar surface area (TPSA) is 23.6 Å². The van der Waals surface area contributed by atoms with E-state index in [1.54, 1.807) is 0 Å². The molecule has 3 rings (SSSR count). The third-order valence-electron chi connectivity index (χ3n) is 4.60. The Hall–Kier alpha value is -0.420. The molecule has 2 aliphatic heterocycles. The molecule has 1 aromatic rings. The van der Waals surface area contributed by atoms with Crippen molar-refractivity contribution in [1.29, 1.82) is 0 Å². The van der Waals surface area contributed by atoms with Crippen LogP contribution in [0.2, 0.25) is 4.34 Å². The van der Waals surface area contributed by atoms with Crippen LogP contribution in [0, 0.1) is 0 Å². The first-order chi connectivity index (χ1) is 9.65. The number of thiophene rings is 1. The summed E-state index contributed by atoms with van der Waals surface area (Å²) in [6, 6.07) is 4.28. The second kappa shape index (κ2) is 6.14. The average Bonchev–Trinajstić information content (AvgIpc) is 3.17. The molecular weight excluding hydrogens is 292 g/mol. The minimum Gasteiger partial charge on any atom is -0.299 e. The summed E-state index contributed by atoms with van der Waals surface area (Å²) >= 11 is 7.31. The van der Waals surface area contributed by atoms with E-state index in [9.17, 15) is 4.79 Å². The molecule has 0 aromatic carbocycles. The standard InChI is InChI=1S/C15H21ClN2OS/c1-11(15(19)13-4-5-14(16)20-13)18-9-6-12(10-18)17-7-2-3-8-17/h4-5,11-12H,2-3,6-10H2,1H3. The van der Waals surface area contributed by atoms with E-state index in [1.807, 2.05) is 19.1 Å². The number of ketones is 1. The van der Waals surface area contributed by atoms with Crippen LogP contribution in [-0.2, 0) is 0 Å². The Balaban J connectivity index is 1.60. The summed E-state index contributed by atoms with van der Waals surface area (Å²) in [5, 5.41) is 0. The first kappa shape index (κ1) is 14.5. The lowest BCUT2D eigenvalue weighted by molar-refractivity contribution is 0.0861. The van der Waals surface area contributed by atoms with Crippen LogP contribution in [-0.4, -0.2) is 53.8 Å². The van der Waals surface area contributed by atoms with Gasteiger partial charge >= 0.3 is 0 Å². The van der Waals surface area contributed by atoms with Gasteiger partial charge in [0.1, 0.15) is 0 Å². The van der Waals surface area contributed by atoms with Gasteiger partial charge in [-0.3, -0.25) is 14.6 Å². The lowest BCUT2D eigenvalue weighted by Gasteiger charge is -2.26. The van der Waals surface area contributed by atoms with Gasteiger partial charge in [0.05, 0.1) is 15.3 Å². The predicted octanol–water partition coefficient (Wildman–Crippen LogP) is 3.14. The number of nitrogens with zero attached hydrogens (tertiary/aromatic N) is 2. The molecule has 1 aromatic heterocycles. The summed E-state index contributed by atoms with van der Waals surface area (Å²) in [4.78, 5) is 18.2. The number of carbonyl (C=O) groups excluding carboxylic acids is 1. The van der Waals surface area contributed by atoms with Gasteiger partial charge in [-0.2, -0.15) is 0 Å². The number of likely N-dealkylation sites (tertiary alicyclic amines) is 2. The van der Waals surface area contributed by atoms with E-state index < -0.39 is 0 Å². The zero-order chi connectivity index (χ0) is 14.1. The lowest BCUT2D eigenvalue weighted by atomic mass is 10.1. The molecule has 0 bridgehead atoms. The molecule has 0 saturated carbocycles. The Morgan fingerprint density at radius 3 is 2.75 bits per heavy atom. The zero-order valence-electron chi connectivity index (χ0n) is 11.8. The van der Waals surface area contributed by atoms with Gasteiger partial charge in [0.2, 0.25) is 0 Å². The van der Waals surface area contributed by atoms with E-state index in [-0.39, 0.29) is 11.8 Å². The fourth-order valence-electron chi connectivity index (χ4n) is 3.34. The minimum absolute atomic E-state index is 0.0303. The highest BCUT2D eigenvalue weighted by Crippen LogP contribution is 2.26. The molecule has 0 amide bonds. The quantitative estimate of drug-likeness (QED) is 0.798. The normalized spacial score (nSPS) is 26.2. The van der Waals surface area contributed by atoms with E-state index in [4.69, 9.17) is 11.6 Å². The van der Waals surface area contributed by atoms with Gasteiger partial charge < -0.3 is 0 Å². The molecule has 3 heterocycles. The van der Waals surface area contributed by atoms with Gasteiger partial charge in [0, 0.05) is 19.1 Å². The molecule has 0 N–H and O–H groups in total. The van der Waals surface area contributed by atoms with Crippen LogP contribution in [0.4, 0.5) is 0 Å². The Kier molecular flexibility index (Phi) is 4.46. The van der Waals surface area contributed by atoms with Crippen molar-refractivity contribution in [3.8, 4) is 0 Å². The average molecular weight is 313 g/mol. The van der Waals surface area contributed by atoms with Crippen molar-refractivity contribution in [2.24, 2.45) is 0 Å². The largest absolute Gasteiger partial charge is 0.299 e. The van der Waals surface area contributed by atoms with Gasteiger partial charge in [-0.05, 0) is 51.4 Å². The van der Waals surface area contributed by atoms with E-state index in [1.165, 1.54) is 43.7 Å². The fourth-order valence-corrected chi connectivity index (χ4v) is 4.41. The van der Waals surface area contributed by atoms with Crippen LogP contribution in [0.1, 0.15) is 35.9 Å². The highest BCUT2D eigenvalue weighted by molar-refractivity contribution is 7.18. The van der Waals surface area contributed by atoms with Crippen LogP contribution in [0.25, 0.3) is 0 Å². The molecule has 2 atom stereocenters. The van der Waals surface area contributed by atoms with Crippen molar-refractivity contribution in [2.45, 2.75) is 38.3 Å². The summed E-state index contributed by atoms with van der Waals surface area (Å²) in [5.41, 5.74) is 0. The smallest absolute Gasteiger partial charge is 0.189 e. The summed E-state index contributed by atoms with van der Waals surface area (Å²) < 4.78 is 0.692. The summed E-state index contributed by atoms with van der Waals surface area (Å²) in [7, 11) is 0. The highest BCUT2D eigenvalue weighted by atomic mass is 35.5. The van der Waals surface area contributed by atoms with Crippen LogP contribution >= 0.6 is 22.9 Å². The van der Waals surface area contributed by atoms with E-state index in [2.05, 4.69) is 9.80 Å². The third-order valence-corrected chi connectivity index (χ3v) is 5.84. The predicted molar refractivity (Wildman–Crippen MR) is 83.9 cm³/mol. The Labute approximate surface area is 129 Å². The Bertz CT molecular complexity index is 484. The maximum atomic E-state index is 12.5. The molecule has 2 unspecified atom stereocenters. The van der Waals surface area contributed by atoms with Crippen molar-refractivity contribution in [3.63, 3.8) is 0 Å². The van der Waals surface area contributed by atoms with E-state index >= 15 is 0 Å². The monoisotopic (exact) mass is 312 g/mol. The molecule has 2 saturated heterocycles. The molecule has 20 heavy (non-hydrogen) atoms. The number of carbonyl (C=O) groups is 1. The van der Waals surface area contributed by atoms with Crippen molar-refractivity contribution in [3.05, 3.63) is 21.3 Å². The number of rotatable bonds is 4. The van der Waals surface area contributed by atoms with Crippen molar-refractivity contribution >= 4 is 28.7 Å². The first-order valence-corrected chi connectivity index (χ1v) is 8.62. The third kappa shape index (κ3) is 2.93. The lowest BCUT2D eigenvalue weighted by Crippen LogP contribution is -2.40. The molecule has 0 aliphatic carbocycles. The molecule has 2 fully saturated rings. The molecule has 110 valence electrons. The number of halogens is 1. The van der Waals surface area contributed by atoms with Gasteiger partial charge in [0.15, 0.2) is 5.78 Å². The zero-order valence-corrected chi connectivity index (χ0v) is 13.4. The number of hydrogen-bond donors (Lipinski definition) is 0. The maximum absolute atomic E-state index is 12.5. The first-order valence-electron chi connectivity index (χ1n) is 7.43. The van der Waals surface area contributed by atoms with E-state index in [0.717, 1.165) is 18.0 Å². The van der Waals surface area contributed by atoms with Crippen LogP contribution in [0.5, 0.6) is 0 Å². The van der Waals surface area contributed by atoms with Gasteiger partial charge in [0.25, 0.3) is 0 Å². The Morgan fingerprint density at radius 1 is 1.35 bits per heavy atom. The Morgan fingerprint density at radius 2 is 2.10 bits per heavy atom. The fraction of sp³-hybridized carbons (Fsp3) is 0.667. The molecule has 0 radical (unpaired) electrons. The van der Waals surface area contributed by atoms with Crippen molar-refractivity contribution in [2.75, 3.05) is 26.2 Å². The van der Waals surface area contributed by atoms with Crippen molar-refractivity contribution < 1.29 is 4.79 Å². The summed E-state index contributed by atoms with van der Waals surface area (Å²) in [6.45, 7) is 6.57. The molecule has 5 heteroatoms. The summed E-state index contributed by atoms with van der Waals surface area (Å²) in [5.74, 6) is 0.212. The van der Waals surface area contributed by atoms with Crippen LogP contribution in [0.15, 0.2) is 12.1 Å². The summed E-state index contributed by atoms with van der Waals surface area (Å²) in [6.07, 6.45) is 3.86. The van der Waals surface area contributed by atoms with Crippen LogP contribution in [0.3, 0.4) is 0 Å². The SMILES string of the molecule is CC(C(=O)c1ccc(Cl)s1)N1CCC(N2CCCC2)C1. The molecule has 0 spiro atoms. The van der Waals surface area contributed by atoms with Gasteiger partial charge in [-0.15, -0.1) is 11.3 Å². The molecular formula is C15H21ClN2OS. The highest BCUT2D eigenvalue weighted by Gasteiger charge is 2.33. The van der Waals surface area contributed by atoms with E-state index in [0.29, 0.717) is 10.4 Å². The second-order valence-corrected chi connectivity index (χ2v) is 7.54. The number of Topliss-reactive ketones (excluding diaryl/α,β-unsaturated/α-hetero) is 1.